The highest BCUT2D eigenvalue weighted by atomic mass is 16.5. The van der Waals surface area contributed by atoms with Gasteiger partial charge in [0.15, 0.2) is 0 Å². The van der Waals surface area contributed by atoms with Gasteiger partial charge in [-0.25, -0.2) is 4.79 Å². The molecule has 124 valence electrons. The van der Waals surface area contributed by atoms with Gasteiger partial charge in [0.1, 0.15) is 0 Å². The van der Waals surface area contributed by atoms with E-state index in [1.165, 1.54) is 19.3 Å². The first-order chi connectivity index (χ1) is 11.3. The summed E-state index contributed by atoms with van der Waals surface area (Å²) in [6, 6.07) is 0.503. The molecule has 7 unspecified atom stereocenters. The molecular formula is C18H24N2O3. The maximum absolute atomic E-state index is 12.8. The fourth-order valence-corrected chi connectivity index (χ4v) is 6.37. The van der Waals surface area contributed by atoms with E-state index in [0.29, 0.717) is 29.9 Å². The Bertz CT molecular complexity index is 567. The summed E-state index contributed by atoms with van der Waals surface area (Å²) in [6.45, 7) is 2.59. The number of ether oxygens (including phenoxy) is 2. The van der Waals surface area contributed by atoms with Crippen molar-refractivity contribution in [2.24, 2.45) is 23.2 Å². The van der Waals surface area contributed by atoms with Crippen LogP contribution in [0.25, 0.3) is 0 Å². The second-order valence-electron chi connectivity index (χ2n) is 8.44. The average molecular weight is 316 g/mol. The first-order valence-electron chi connectivity index (χ1n) is 9.27. The lowest BCUT2D eigenvalue weighted by molar-refractivity contribution is -0.172. The summed E-state index contributed by atoms with van der Waals surface area (Å²) in [5, 5.41) is 3.41. The second kappa shape index (κ2) is 4.31. The molecule has 23 heavy (non-hydrogen) atoms. The van der Waals surface area contributed by atoms with Crippen LogP contribution in [-0.2, 0) is 9.47 Å². The SMILES string of the molecule is O=C(NC1C2CCOC2C12CCC2)N1CC2C3C=CC(O3)C2C1. The van der Waals surface area contributed by atoms with Gasteiger partial charge in [0.2, 0.25) is 0 Å². The number of nitrogens with one attached hydrogen (secondary N) is 1. The van der Waals surface area contributed by atoms with Crippen molar-refractivity contribution in [3.8, 4) is 0 Å². The number of carbonyl (C=O) groups is 1. The highest BCUT2D eigenvalue weighted by Gasteiger charge is 2.67. The highest BCUT2D eigenvalue weighted by molar-refractivity contribution is 5.75. The molecule has 2 aliphatic carbocycles. The van der Waals surface area contributed by atoms with E-state index in [4.69, 9.17) is 9.47 Å². The molecule has 7 atom stereocenters. The number of hydrogen-bond acceptors (Lipinski definition) is 3. The monoisotopic (exact) mass is 316 g/mol. The third-order valence-corrected chi connectivity index (χ3v) is 7.66. The predicted octanol–water partition coefficient (Wildman–Crippen LogP) is 1.54. The van der Waals surface area contributed by atoms with Crippen molar-refractivity contribution in [1.82, 2.24) is 10.2 Å². The molecule has 6 aliphatic rings. The van der Waals surface area contributed by atoms with Crippen molar-refractivity contribution in [3.63, 3.8) is 0 Å². The van der Waals surface area contributed by atoms with Gasteiger partial charge in [-0.05, 0) is 19.3 Å². The van der Waals surface area contributed by atoms with Crippen molar-refractivity contribution in [1.29, 1.82) is 0 Å². The van der Waals surface area contributed by atoms with Gasteiger partial charge in [-0.2, -0.15) is 0 Å². The van der Waals surface area contributed by atoms with Crippen molar-refractivity contribution < 1.29 is 14.3 Å². The van der Waals surface area contributed by atoms with E-state index in [0.717, 1.165) is 26.1 Å². The zero-order valence-electron chi connectivity index (χ0n) is 13.3. The summed E-state index contributed by atoms with van der Waals surface area (Å²) in [6.07, 6.45) is 10.1. The van der Waals surface area contributed by atoms with Crippen molar-refractivity contribution in [2.45, 2.75) is 50.0 Å². The van der Waals surface area contributed by atoms with Crippen molar-refractivity contribution in [2.75, 3.05) is 19.7 Å². The molecule has 0 radical (unpaired) electrons. The molecule has 1 spiro atoms. The molecule has 0 aromatic rings. The fourth-order valence-electron chi connectivity index (χ4n) is 6.37. The maximum Gasteiger partial charge on any atom is 0.317 e. The number of amides is 2. The Hall–Kier alpha value is -1.07. The largest absolute Gasteiger partial charge is 0.377 e. The Balaban J connectivity index is 1.16. The first kappa shape index (κ1) is 13.2. The maximum atomic E-state index is 12.8. The number of likely N-dealkylation sites (tertiary alicyclic amines) is 1. The Labute approximate surface area is 136 Å². The fraction of sp³-hybridized carbons (Fsp3) is 0.833. The normalized spacial score (nSPS) is 50.6. The summed E-state index contributed by atoms with van der Waals surface area (Å²) >= 11 is 0. The molecule has 5 fully saturated rings. The van der Waals surface area contributed by atoms with E-state index in [-0.39, 0.29) is 23.7 Å². The molecule has 0 aromatic heterocycles. The van der Waals surface area contributed by atoms with E-state index < -0.39 is 0 Å². The standard InChI is InChI=1S/C18H24N2O3/c21-17(20-8-11-12(9-20)14-3-2-13(11)23-14)19-15-10-4-7-22-16(10)18(15)5-1-6-18/h2-3,10-16H,1,4-9H2,(H,19,21). The van der Waals surface area contributed by atoms with Crippen molar-refractivity contribution >= 4 is 6.03 Å². The molecule has 2 amide bonds. The van der Waals surface area contributed by atoms with Crippen LogP contribution in [-0.4, -0.2) is 55.0 Å². The Kier molecular flexibility index (Phi) is 2.48. The third kappa shape index (κ3) is 1.53. The minimum atomic E-state index is 0.153. The van der Waals surface area contributed by atoms with E-state index in [2.05, 4.69) is 17.5 Å². The second-order valence-corrected chi connectivity index (χ2v) is 8.44. The molecule has 6 rings (SSSR count). The van der Waals surface area contributed by atoms with Gasteiger partial charge in [0.25, 0.3) is 0 Å². The van der Waals surface area contributed by atoms with Crippen LogP contribution in [0.3, 0.4) is 0 Å². The van der Waals surface area contributed by atoms with E-state index >= 15 is 0 Å². The zero-order chi connectivity index (χ0) is 15.2. The van der Waals surface area contributed by atoms with Gasteiger partial charge in [0.05, 0.1) is 18.3 Å². The lowest BCUT2D eigenvalue weighted by Crippen LogP contribution is -2.72. The van der Waals surface area contributed by atoms with Gasteiger partial charge in [-0.3, -0.25) is 0 Å². The van der Waals surface area contributed by atoms with Crippen LogP contribution in [0.1, 0.15) is 25.7 Å². The Morgan fingerprint density at radius 3 is 2.52 bits per heavy atom. The third-order valence-electron chi connectivity index (χ3n) is 7.66. The summed E-state index contributed by atoms with van der Waals surface area (Å²) < 4.78 is 11.9. The average Bonchev–Trinajstić information content (AvgIpc) is 3.23. The van der Waals surface area contributed by atoms with Crippen LogP contribution in [0, 0.1) is 23.2 Å². The topological polar surface area (TPSA) is 50.8 Å². The molecular weight excluding hydrogens is 292 g/mol. The molecule has 2 saturated carbocycles. The van der Waals surface area contributed by atoms with E-state index in [1.807, 2.05) is 4.90 Å². The molecule has 0 aromatic carbocycles. The van der Waals surface area contributed by atoms with Gasteiger partial charge in [0, 0.05) is 48.9 Å². The van der Waals surface area contributed by atoms with Crippen molar-refractivity contribution in [3.05, 3.63) is 12.2 Å². The van der Waals surface area contributed by atoms with E-state index in [1.54, 1.807) is 0 Å². The van der Waals surface area contributed by atoms with Crippen LogP contribution in [0.15, 0.2) is 12.2 Å². The summed E-state index contributed by atoms with van der Waals surface area (Å²) in [7, 11) is 0. The Morgan fingerprint density at radius 2 is 1.87 bits per heavy atom. The quantitative estimate of drug-likeness (QED) is 0.747. The minimum absolute atomic E-state index is 0.153. The number of nitrogens with zero attached hydrogens (tertiary/aromatic N) is 1. The first-order valence-corrected chi connectivity index (χ1v) is 9.27. The molecule has 3 saturated heterocycles. The predicted molar refractivity (Wildman–Crippen MR) is 82.8 cm³/mol. The lowest BCUT2D eigenvalue weighted by atomic mass is 9.46. The molecule has 5 heteroatoms. The van der Waals surface area contributed by atoms with Crippen LogP contribution < -0.4 is 5.32 Å². The van der Waals surface area contributed by atoms with Crippen LogP contribution in [0.4, 0.5) is 4.79 Å². The van der Waals surface area contributed by atoms with Gasteiger partial charge in [-0.1, -0.05) is 18.6 Å². The number of hydrogen-bond donors (Lipinski definition) is 1. The number of carbonyl (C=O) groups excluding carboxylic acids is 1. The van der Waals surface area contributed by atoms with Gasteiger partial charge >= 0.3 is 6.03 Å². The van der Waals surface area contributed by atoms with Gasteiger partial charge < -0.3 is 19.7 Å². The smallest absolute Gasteiger partial charge is 0.317 e. The molecule has 2 bridgehead atoms. The molecule has 4 aliphatic heterocycles. The van der Waals surface area contributed by atoms with E-state index in [9.17, 15) is 4.79 Å². The van der Waals surface area contributed by atoms with Gasteiger partial charge in [-0.15, -0.1) is 0 Å². The summed E-state index contributed by atoms with van der Waals surface area (Å²) in [4.78, 5) is 14.9. The number of urea groups is 1. The van der Waals surface area contributed by atoms with Crippen LogP contribution in [0.2, 0.25) is 0 Å². The zero-order valence-corrected chi connectivity index (χ0v) is 13.3. The molecule has 1 N–H and O–H groups in total. The van der Waals surface area contributed by atoms with Crippen LogP contribution >= 0.6 is 0 Å². The lowest BCUT2D eigenvalue weighted by Gasteiger charge is -2.63. The highest BCUT2D eigenvalue weighted by Crippen LogP contribution is 2.62. The Morgan fingerprint density at radius 1 is 1.13 bits per heavy atom. The summed E-state index contributed by atoms with van der Waals surface area (Å²) in [5.74, 6) is 1.58. The number of fused-ring (bicyclic) bond motifs is 7. The van der Waals surface area contributed by atoms with Crippen LogP contribution in [0.5, 0.6) is 0 Å². The molecule has 4 heterocycles. The number of rotatable bonds is 1. The minimum Gasteiger partial charge on any atom is -0.377 e. The molecule has 5 nitrogen and oxygen atoms in total. The summed E-state index contributed by atoms with van der Waals surface area (Å²) in [5.41, 5.74) is 0.274.